The maximum Gasteiger partial charge on any atom is 0.573 e. The maximum absolute atomic E-state index is 13.0. The summed E-state index contributed by atoms with van der Waals surface area (Å²) in [5.41, 5.74) is 0.471. The molecule has 1 aliphatic rings. The number of alkyl halides is 3. The minimum Gasteiger partial charge on any atom is -0.481 e. The molecular weight excluding hydrogens is 535 g/mol. The first-order chi connectivity index (χ1) is 18.2. The fourth-order valence-corrected chi connectivity index (χ4v) is 5.87. The minimum atomic E-state index is -4.81. The third kappa shape index (κ3) is 9.45. The molecule has 0 aliphatic heterocycles. The highest BCUT2D eigenvalue weighted by molar-refractivity contribution is 7.14. The van der Waals surface area contributed by atoms with Crippen LogP contribution >= 0.6 is 11.3 Å². The molecule has 1 fully saturated rings. The van der Waals surface area contributed by atoms with Crippen LogP contribution in [0.2, 0.25) is 0 Å². The van der Waals surface area contributed by atoms with Crippen molar-refractivity contribution in [2.75, 3.05) is 11.9 Å². The second kappa shape index (κ2) is 12.7. The molecule has 39 heavy (non-hydrogen) atoms. The van der Waals surface area contributed by atoms with Gasteiger partial charge in [-0.3, -0.25) is 9.59 Å². The smallest absolute Gasteiger partial charge is 0.481 e. The van der Waals surface area contributed by atoms with E-state index in [-0.39, 0.29) is 36.2 Å². The lowest BCUT2D eigenvalue weighted by Crippen LogP contribution is -2.38. The predicted octanol–water partition coefficient (Wildman–Crippen LogP) is 6.57. The fourth-order valence-electron chi connectivity index (χ4n) is 4.80. The summed E-state index contributed by atoms with van der Waals surface area (Å²) in [6.07, 6.45) is -1.22. The molecule has 1 aromatic carbocycles. The molecule has 4 N–H and O–H groups in total. The molecule has 1 atom stereocenters. The summed E-state index contributed by atoms with van der Waals surface area (Å²) < 4.78 is 41.1. The third-order valence-corrected chi connectivity index (χ3v) is 8.05. The number of benzene rings is 1. The van der Waals surface area contributed by atoms with E-state index in [0.29, 0.717) is 16.5 Å². The van der Waals surface area contributed by atoms with Gasteiger partial charge >= 0.3 is 18.4 Å². The number of urea groups is 1. The molecule has 214 valence electrons. The van der Waals surface area contributed by atoms with Crippen LogP contribution in [-0.4, -0.2) is 35.9 Å². The van der Waals surface area contributed by atoms with Gasteiger partial charge in [-0.05, 0) is 79.3 Å². The Morgan fingerprint density at radius 1 is 1.03 bits per heavy atom. The number of carboxylic acid groups (broad SMARTS) is 1. The van der Waals surface area contributed by atoms with Gasteiger partial charge in [-0.25, -0.2) is 4.79 Å². The van der Waals surface area contributed by atoms with Gasteiger partial charge in [-0.1, -0.05) is 20.8 Å². The highest BCUT2D eigenvalue weighted by Gasteiger charge is 2.35. The third-order valence-electron chi connectivity index (χ3n) is 6.88. The molecule has 2 aromatic rings. The van der Waals surface area contributed by atoms with Crippen molar-refractivity contribution in [3.05, 3.63) is 46.2 Å². The van der Waals surface area contributed by atoms with Crippen molar-refractivity contribution in [3.8, 4) is 5.75 Å². The zero-order chi connectivity index (χ0) is 28.8. The number of nitrogens with one attached hydrogen (secondary N) is 3. The van der Waals surface area contributed by atoms with Gasteiger partial charge in [0.05, 0.1) is 17.3 Å². The number of rotatable bonds is 9. The van der Waals surface area contributed by atoms with Crippen LogP contribution in [0.5, 0.6) is 5.75 Å². The van der Waals surface area contributed by atoms with E-state index in [2.05, 4.69) is 41.5 Å². The van der Waals surface area contributed by atoms with E-state index in [9.17, 15) is 27.6 Å². The zero-order valence-electron chi connectivity index (χ0n) is 22.1. The van der Waals surface area contributed by atoms with E-state index >= 15 is 0 Å². The lowest BCUT2D eigenvalue weighted by molar-refractivity contribution is -0.274. The summed E-state index contributed by atoms with van der Waals surface area (Å²) in [6, 6.07) is 7.40. The van der Waals surface area contributed by atoms with Gasteiger partial charge in [-0.2, -0.15) is 0 Å². The molecule has 3 amide bonds. The first-order valence-electron chi connectivity index (χ1n) is 12.7. The van der Waals surface area contributed by atoms with Gasteiger partial charge < -0.3 is 25.8 Å². The second-order valence-corrected chi connectivity index (χ2v) is 11.8. The van der Waals surface area contributed by atoms with Crippen molar-refractivity contribution in [1.82, 2.24) is 10.6 Å². The molecule has 1 saturated carbocycles. The molecule has 0 radical (unpaired) electrons. The minimum absolute atomic E-state index is 0.00903. The largest absolute Gasteiger partial charge is 0.573 e. The number of carboxylic acids is 1. The van der Waals surface area contributed by atoms with Crippen LogP contribution in [0.1, 0.15) is 73.5 Å². The van der Waals surface area contributed by atoms with Crippen molar-refractivity contribution in [2.24, 2.45) is 17.3 Å². The first kappa shape index (κ1) is 30.3. The van der Waals surface area contributed by atoms with Crippen LogP contribution in [0.25, 0.3) is 0 Å². The SMILES string of the molecule is CC(C)(C)C1CCC(C(NC(=O)Nc2ccc(OC(F)(F)F)cc2)c2ccc(C(=O)NCCC(=O)O)s2)CC1. The van der Waals surface area contributed by atoms with Crippen LogP contribution in [0.3, 0.4) is 0 Å². The van der Waals surface area contributed by atoms with E-state index in [1.165, 1.54) is 23.5 Å². The summed E-state index contributed by atoms with van der Waals surface area (Å²) in [4.78, 5) is 37.4. The van der Waals surface area contributed by atoms with Gasteiger partial charge in [0.1, 0.15) is 5.75 Å². The van der Waals surface area contributed by atoms with Gasteiger partial charge in [-0.15, -0.1) is 24.5 Å². The molecular formula is C27H34F3N3O5S. The number of carbonyl (C=O) groups is 3. The van der Waals surface area contributed by atoms with Gasteiger partial charge in [0, 0.05) is 17.1 Å². The second-order valence-electron chi connectivity index (χ2n) is 10.7. The molecule has 1 heterocycles. The zero-order valence-corrected chi connectivity index (χ0v) is 22.9. The van der Waals surface area contributed by atoms with Crippen molar-refractivity contribution < 1.29 is 37.4 Å². The molecule has 12 heteroatoms. The highest BCUT2D eigenvalue weighted by Crippen LogP contribution is 2.44. The maximum atomic E-state index is 13.0. The summed E-state index contributed by atoms with van der Waals surface area (Å²) in [6.45, 7) is 6.68. The number of amides is 3. The Bertz CT molecular complexity index is 1140. The topological polar surface area (TPSA) is 117 Å². The number of thiophene rings is 1. The van der Waals surface area contributed by atoms with Crippen molar-refractivity contribution in [2.45, 2.75) is 65.3 Å². The van der Waals surface area contributed by atoms with E-state index in [4.69, 9.17) is 5.11 Å². The van der Waals surface area contributed by atoms with E-state index in [1.807, 2.05) is 0 Å². The monoisotopic (exact) mass is 569 g/mol. The lowest BCUT2D eigenvalue weighted by atomic mass is 9.68. The molecule has 8 nitrogen and oxygen atoms in total. The Kier molecular flexibility index (Phi) is 9.87. The molecule has 1 aromatic heterocycles. The number of halogens is 3. The fraction of sp³-hybridized carbons (Fsp3) is 0.519. The molecule has 0 saturated heterocycles. The van der Waals surface area contributed by atoms with Crippen molar-refractivity contribution in [3.63, 3.8) is 0 Å². The number of hydrogen-bond acceptors (Lipinski definition) is 5. The Balaban J connectivity index is 1.72. The van der Waals surface area contributed by atoms with E-state index in [0.717, 1.165) is 42.7 Å². The first-order valence-corrected chi connectivity index (χ1v) is 13.6. The van der Waals surface area contributed by atoms with Gasteiger partial charge in [0.25, 0.3) is 5.91 Å². The number of carbonyl (C=O) groups excluding carboxylic acids is 2. The molecule has 3 rings (SSSR count). The quantitative estimate of drug-likeness (QED) is 0.273. The Morgan fingerprint density at radius 2 is 1.67 bits per heavy atom. The Labute approximate surface area is 229 Å². The van der Waals surface area contributed by atoms with Gasteiger partial charge in [0.2, 0.25) is 0 Å². The van der Waals surface area contributed by atoms with E-state index in [1.54, 1.807) is 12.1 Å². The molecule has 0 spiro atoms. The van der Waals surface area contributed by atoms with Crippen molar-refractivity contribution >= 4 is 34.9 Å². The summed E-state index contributed by atoms with van der Waals surface area (Å²) in [7, 11) is 0. The van der Waals surface area contributed by atoms with Crippen LogP contribution in [-0.2, 0) is 4.79 Å². The van der Waals surface area contributed by atoms with Crippen molar-refractivity contribution in [1.29, 1.82) is 0 Å². The number of aliphatic carboxylic acids is 1. The molecule has 0 bridgehead atoms. The Morgan fingerprint density at radius 3 is 2.23 bits per heavy atom. The molecule has 1 aliphatic carbocycles. The van der Waals surface area contributed by atoms with Crippen LogP contribution in [0.15, 0.2) is 36.4 Å². The van der Waals surface area contributed by atoms with Crippen LogP contribution in [0, 0.1) is 17.3 Å². The molecule has 1 unspecified atom stereocenters. The standard InChI is InChI=1S/C27H34F3N3O5S/c1-26(2,3)17-6-4-16(5-7-17)23(20-12-13-21(39-20)24(36)31-15-14-22(34)35)33-25(37)32-18-8-10-19(11-9-18)38-27(28,29)30/h8-13,16-17,23H,4-7,14-15H2,1-3H3,(H,31,36)(H,34,35)(H2,32,33,37). The number of anilines is 1. The summed E-state index contributed by atoms with van der Waals surface area (Å²) in [5.74, 6) is -1.10. The number of hydrogen-bond donors (Lipinski definition) is 4. The lowest BCUT2D eigenvalue weighted by Gasteiger charge is -2.39. The summed E-state index contributed by atoms with van der Waals surface area (Å²) >= 11 is 1.24. The van der Waals surface area contributed by atoms with Crippen LogP contribution < -0.4 is 20.7 Å². The Hall–Kier alpha value is -3.28. The highest BCUT2D eigenvalue weighted by atomic mass is 32.1. The predicted molar refractivity (Wildman–Crippen MR) is 142 cm³/mol. The van der Waals surface area contributed by atoms with E-state index < -0.39 is 24.1 Å². The average Bonchev–Trinajstić information content (AvgIpc) is 3.32. The van der Waals surface area contributed by atoms with Crippen LogP contribution in [0.4, 0.5) is 23.7 Å². The summed E-state index contributed by atoms with van der Waals surface area (Å²) in [5, 5.41) is 17.0. The average molecular weight is 570 g/mol. The normalized spacial score (nSPS) is 18.6. The van der Waals surface area contributed by atoms with Gasteiger partial charge in [0.15, 0.2) is 0 Å². The number of ether oxygens (including phenoxy) is 1.